The van der Waals surface area contributed by atoms with Crippen molar-refractivity contribution < 1.29 is 9.90 Å². The summed E-state index contributed by atoms with van der Waals surface area (Å²) < 4.78 is 1.79. The van der Waals surface area contributed by atoms with Crippen LogP contribution < -0.4 is 10.3 Å². The van der Waals surface area contributed by atoms with E-state index in [9.17, 15) is 9.90 Å². The number of carboxylic acids is 1. The fourth-order valence-corrected chi connectivity index (χ4v) is 3.07. The minimum absolute atomic E-state index is 0.266. The molecule has 2 N–H and O–H groups in total. The van der Waals surface area contributed by atoms with Crippen LogP contribution in [0.2, 0.25) is 0 Å². The zero-order chi connectivity index (χ0) is 19.4. The average Bonchev–Trinajstić information content (AvgIpc) is 2.99. The van der Waals surface area contributed by atoms with Crippen LogP contribution in [0.1, 0.15) is 29.8 Å². The van der Waals surface area contributed by atoms with Crippen molar-refractivity contribution in [2.75, 3.05) is 23.4 Å². The van der Waals surface area contributed by atoms with Gasteiger partial charge in [-0.3, -0.25) is 5.43 Å². The SMILES string of the molecule is CCN(CC)c1cc(N/N=C/c2cn(C)c3c(C(=O)O)cccc23)ncn1. The molecule has 0 aliphatic carbocycles. The molecule has 3 rings (SSSR count). The first-order valence-electron chi connectivity index (χ1n) is 8.72. The van der Waals surface area contributed by atoms with E-state index in [4.69, 9.17) is 0 Å². The van der Waals surface area contributed by atoms with E-state index in [1.54, 1.807) is 22.9 Å². The third kappa shape index (κ3) is 3.74. The van der Waals surface area contributed by atoms with Crippen molar-refractivity contribution in [1.82, 2.24) is 14.5 Å². The molecule has 0 spiro atoms. The number of nitrogens with one attached hydrogen (secondary N) is 1. The van der Waals surface area contributed by atoms with Crippen molar-refractivity contribution in [3.05, 3.63) is 47.9 Å². The predicted molar refractivity (Wildman–Crippen MR) is 107 cm³/mol. The van der Waals surface area contributed by atoms with Crippen molar-refractivity contribution in [2.24, 2.45) is 12.1 Å². The molecule has 0 atom stereocenters. The Kier molecular flexibility index (Phi) is 5.35. The molecule has 0 bridgehead atoms. The second kappa shape index (κ2) is 7.86. The van der Waals surface area contributed by atoms with Crippen molar-refractivity contribution >= 4 is 34.7 Å². The fourth-order valence-electron chi connectivity index (χ4n) is 3.07. The summed E-state index contributed by atoms with van der Waals surface area (Å²) in [7, 11) is 1.82. The molecule has 2 aromatic heterocycles. The molecule has 0 fully saturated rings. The number of anilines is 2. The molecular weight excluding hydrogens is 344 g/mol. The van der Waals surface area contributed by atoms with Crippen molar-refractivity contribution in [2.45, 2.75) is 13.8 Å². The maximum absolute atomic E-state index is 11.4. The molecule has 0 saturated heterocycles. The maximum atomic E-state index is 11.4. The molecule has 140 valence electrons. The summed E-state index contributed by atoms with van der Waals surface area (Å²) in [5, 5.41) is 14.5. The number of aromatic nitrogens is 3. The van der Waals surface area contributed by atoms with Gasteiger partial charge in [0.05, 0.1) is 17.3 Å². The van der Waals surface area contributed by atoms with Crippen LogP contribution in [0.15, 0.2) is 41.9 Å². The molecule has 0 radical (unpaired) electrons. The Hall–Kier alpha value is -3.42. The Morgan fingerprint density at radius 2 is 2.11 bits per heavy atom. The van der Waals surface area contributed by atoms with Crippen molar-refractivity contribution in [3.8, 4) is 0 Å². The van der Waals surface area contributed by atoms with E-state index in [0.717, 1.165) is 29.9 Å². The van der Waals surface area contributed by atoms with Crippen LogP contribution in [-0.4, -0.2) is 44.9 Å². The fraction of sp³-hybridized carbons (Fsp3) is 0.263. The van der Waals surface area contributed by atoms with Gasteiger partial charge in [0.1, 0.15) is 12.1 Å². The van der Waals surface area contributed by atoms with Gasteiger partial charge in [-0.05, 0) is 19.9 Å². The van der Waals surface area contributed by atoms with Crippen molar-refractivity contribution in [3.63, 3.8) is 0 Å². The standard InChI is InChI=1S/C19H22N6O2/c1-4-25(5-2)17-9-16(20-12-21-17)23-22-10-13-11-24(3)18-14(13)7-6-8-15(18)19(26)27/h6-12H,4-5H2,1-3H3,(H,26,27)(H,20,21,23)/b22-10+. The van der Waals surface area contributed by atoms with Gasteiger partial charge in [-0.25, -0.2) is 14.8 Å². The Labute approximate surface area is 157 Å². The molecule has 0 saturated carbocycles. The summed E-state index contributed by atoms with van der Waals surface area (Å²) >= 11 is 0. The molecule has 0 aliphatic rings. The van der Waals surface area contributed by atoms with Crippen LogP contribution >= 0.6 is 0 Å². The maximum Gasteiger partial charge on any atom is 0.337 e. The predicted octanol–water partition coefficient (Wildman–Crippen LogP) is 2.96. The number of benzene rings is 1. The summed E-state index contributed by atoms with van der Waals surface area (Å²) in [4.78, 5) is 22.0. The molecule has 27 heavy (non-hydrogen) atoms. The van der Waals surface area contributed by atoms with Gasteiger partial charge >= 0.3 is 5.97 Å². The van der Waals surface area contributed by atoms with Crippen LogP contribution in [-0.2, 0) is 7.05 Å². The van der Waals surface area contributed by atoms with Crippen LogP contribution in [0.3, 0.4) is 0 Å². The van der Waals surface area contributed by atoms with E-state index in [-0.39, 0.29) is 5.56 Å². The summed E-state index contributed by atoms with van der Waals surface area (Å²) in [6.45, 7) is 5.86. The smallest absolute Gasteiger partial charge is 0.337 e. The monoisotopic (exact) mass is 366 g/mol. The molecule has 3 aromatic rings. The Morgan fingerprint density at radius 1 is 1.33 bits per heavy atom. The highest BCUT2D eigenvalue weighted by molar-refractivity contribution is 6.08. The summed E-state index contributed by atoms with van der Waals surface area (Å²) in [5.74, 6) is 0.479. The van der Waals surface area contributed by atoms with Crippen LogP contribution in [0.4, 0.5) is 11.6 Å². The number of hydrogen-bond donors (Lipinski definition) is 2. The second-order valence-corrected chi connectivity index (χ2v) is 6.01. The van der Waals surface area contributed by atoms with Gasteiger partial charge in [0.25, 0.3) is 0 Å². The van der Waals surface area contributed by atoms with Crippen LogP contribution in [0, 0.1) is 0 Å². The van der Waals surface area contributed by atoms with Crippen molar-refractivity contribution in [1.29, 1.82) is 0 Å². The normalized spacial score (nSPS) is 11.2. The lowest BCUT2D eigenvalue weighted by Crippen LogP contribution is -2.23. The summed E-state index contributed by atoms with van der Waals surface area (Å²) in [6, 6.07) is 7.05. The van der Waals surface area contributed by atoms with E-state index in [0.29, 0.717) is 11.3 Å². The number of hydrogen-bond acceptors (Lipinski definition) is 6. The Morgan fingerprint density at radius 3 is 2.81 bits per heavy atom. The van der Waals surface area contributed by atoms with Gasteiger partial charge in [0.15, 0.2) is 5.82 Å². The van der Waals surface area contributed by atoms with E-state index < -0.39 is 5.97 Å². The Balaban J connectivity index is 1.85. The number of hydrazone groups is 1. The van der Waals surface area contributed by atoms with E-state index in [2.05, 4.69) is 39.2 Å². The largest absolute Gasteiger partial charge is 0.478 e. The molecule has 2 heterocycles. The molecule has 8 heteroatoms. The first-order valence-corrected chi connectivity index (χ1v) is 8.72. The number of nitrogens with zero attached hydrogens (tertiary/aromatic N) is 5. The third-order valence-electron chi connectivity index (χ3n) is 4.39. The minimum Gasteiger partial charge on any atom is -0.478 e. The van der Waals surface area contributed by atoms with Gasteiger partial charge < -0.3 is 14.6 Å². The average molecular weight is 366 g/mol. The first-order chi connectivity index (χ1) is 13.0. The number of aromatic carboxylic acids is 1. The van der Waals surface area contributed by atoms with E-state index in [1.165, 1.54) is 6.33 Å². The second-order valence-electron chi connectivity index (χ2n) is 6.01. The highest BCUT2D eigenvalue weighted by Crippen LogP contribution is 2.23. The van der Waals surface area contributed by atoms with Gasteiger partial charge in [-0.1, -0.05) is 12.1 Å². The zero-order valence-corrected chi connectivity index (χ0v) is 15.5. The topological polar surface area (TPSA) is 95.6 Å². The van der Waals surface area contributed by atoms with E-state index in [1.807, 2.05) is 25.4 Å². The lowest BCUT2D eigenvalue weighted by Gasteiger charge is -2.19. The minimum atomic E-state index is -0.951. The number of rotatable bonds is 7. The molecule has 0 amide bonds. The number of carboxylic acid groups (broad SMARTS) is 1. The lowest BCUT2D eigenvalue weighted by molar-refractivity contribution is 0.0698. The number of para-hydroxylation sites is 1. The third-order valence-corrected chi connectivity index (χ3v) is 4.39. The van der Waals surface area contributed by atoms with E-state index >= 15 is 0 Å². The Bertz CT molecular complexity index is 991. The number of aryl methyl sites for hydroxylation is 1. The molecular formula is C19H22N6O2. The highest BCUT2D eigenvalue weighted by Gasteiger charge is 2.13. The number of carbonyl (C=O) groups is 1. The van der Waals surface area contributed by atoms with Crippen LogP contribution in [0.25, 0.3) is 10.9 Å². The lowest BCUT2D eigenvalue weighted by atomic mass is 10.1. The molecule has 8 nitrogen and oxygen atoms in total. The number of fused-ring (bicyclic) bond motifs is 1. The molecule has 0 aliphatic heterocycles. The summed E-state index contributed by atoms with van der Waals surface area (Å²) in [5.41, 5.74) is 4.66. The quantitative estimate of drug-likeness (QED) is 0.493. The van der Waals surface area contributed by atoms with Crippen LogP contribution in [0.5, 0.6) is 0 Å². The first kappa shape index (κ1) is 18.4. The molecule has 1 aromatic carbocycles. The van der Waals surface area contributed by atoms with Gasteiger partial charge in [-0.15, -0.1) is 0 Å². The van der Waals surface area contributed by atoms with Gasteiger partial charge in [-0.2, -0.15) is 5.10 Å². The zero-order valence-electron chi connectivity index (χ0n) is 15.5. The van der Waals surface area contributed by atoms with Gasteiger partial charge in [0, 0.05) is 43.4 Å². The summed E-state index contributed by atoms with van der Waals surface area (Å²) in [6.07, 6.45) is 5.01. The highest BCUT2D eigenvalue weighted by atomic mass is 16.4. The van der Waals surface area contributed by atoms with Gasteiger partial charge in [0.2, 0.25) is 0 Å². The molecule has 0 unspecified atom stereocenters.